The molecule has 28 heavy (non-hydrogen) atoms. The van der Waals surface area contributed by atoms with E-state index < -0.39 is 0 Å². The topological polar surface area (TPSA) is 76.3 Å². The quantitative estimate of drug-likeness (QED) is 0.820. The number of anilines is 2. The van der Waals surface area contributed by atoms with Gasteiger partial charge in [-0.2, -0.15) is 4.98 Å². The Kier molecular flexibility index (Phi) is 5.99. The molecule has 4 rings (SSSR count). The van der Waals surface area contributed by atoms with Crippen molar-refractivity contribution in [2.75, 3.05) is 43.5 Å². The molecule has 2 aliphatic rings. The predicted molar refractivity (Wildman–Crippen MR) is 113 cm³/mol. The van der Waals surface area contributed by atoms with Crippen molar-refractivity contribution in [1.29, 1.82) is 0 Å². The van der Waals surface area contributed by atoms with Crippen LogP contribution in [0.5, 0.6) is 0 Å². The van der Waals surface area contributed by atoms with Crippen molar-refractivity contribution in [3.63, 3.8) is 0 Å². The molecule has 1 atom stereocenters. The van der Waals surface area contributed by atoms with E-state index in [4.69, 9.17) is 22.1 Å². The lowest BCUT2D eigenvalue weighted by atomic mass is 9.89. The number of ether oxygens (including phenoxy) is 1. The van der Waals surface area contributed by atoms with Crippen molar-refractivity contribution >= 4 is 23.4 Å². The van der Waals surface area contributed by atoms with Crippen molar-refractivity contribution in [3.05, 3.63) is 46.1 Å². The maximum absolute atomic E-state index is 6.80. The highest BCUT2D eigenvalue weighted by atomic mass is 35.5. The lowest BCUT2D eigenvalue weighted by molar-refractivity contribution is 0.134. The maximum Gasteiger partial charge on any atom is 0.222 e. The first-order chi connectivity index (χ1) is 13.6. The van der Waals surface area contributed by atoms with Gasteiger partial charge in [-0.05, 0) is 62.4 Å². The van der Waals surface area contributed by atoms with Gasteiger partial charge in [0, 0.05) is 29.9 Å². The Bertz CT molecular complexity index is 804. The summed E-state index contributed by atoms with van der Waals surface area (Å²) in [4.78, 5) is 10.9. The van der Waals surface area contributed by atoms with Gasteiger partial charge < -0.3 is 20.7 Å². The van der Waals surface area contributed by atoms with Crippen LogP contribution in [0.25, 0.3) is 0 Å². The molecule has 2 fully saturated rings. The summed E-state index contributed by atoms with van der Waals surface area (Å²) in [5.74, 6) is 1.71. The SMILES string of the molecule is Cc1cc(N2CCCOC[C@@H]2c2ccc(C3CCNCC3)cc2Cl)nc(N)n1. The Morgan fingerprint density at radius 2 is 2.04 bits per heavy atom. The average molecular weight is 402 g/mol. The second kappa shape index (κ2) is 8.64. The standard InChI is InChI=1S/C21H28ClN5O/c1-14-11-20(26-21(23)25-14)27-9-2-10-28-13-19(27)17-4-3-16(12-18(17)22)15-5-7-24-8-6-15/h3-4,11-12,15,19,24H,2,5-10,13H2,1H3,(H2,23,25,26)/t19-/m1/s1. The molecule has 2 saturated heterocycles. The van der Waals surface area contributed by atoms with Crippen molar-refractivity contribution in [3.8, 4) is 0 Å². The number of rotatable bonds is 3. The van der Waals surface area contributed by atoms with Crippen LogP contribution in [0.15, 0.2) is 24.3 Å². The zero-order valence-electron chi connectivity index (χ0n) is 16.3. The first-order valence-electron chi connectivity index (χ1n) is 10.1. The van der Waals surface area contributed by atoms with Gasteiger partial charge in [0.2, 0.25) is 5.95 Å². The van der Waals surface area contributed by atoms with Crippen LogP contribution in [0.4, 0.5) is 11.8 Å². The van der Waals surface area contributed by atoms with Gasteiger partial charge in [-0.25, -0.2) is 4.98 Å². The Balaban J connectivity index is 1.66. The Hall–Kier alpha value is -1.89. The van der Waals surface area contributed by atoms with Crippen molar-refractivity contribution in [2.45, 2.75) is 38.1 Å². The molecule has 2 aromatic rings. The summed E-state index contributed by atoms with van der Waals surface area (Å²) in [6.45, 7) is 6.23. The van der Waals surface area contributed by atoms with Gasteiger partial charge in [-0.15, -0.1) is 0 Å². The second-order valence-corrected chi connectivity index (χ2v) is 8.08. The summed E-state index contributed by atoms with van der Waals surface area (Å²) < 4.78 is 5.89. The number of aryl methyl sites for hydroxylation is 1. The van der Waals surface area contributed by atoms with E-state index in [0.717, 1.165) is 67.6 Å². The van der Waals surface area contributed by atoms with Gasteiger partial charge in [0.25, 0.3) is 0 Å². The van der Waals surface area contributed by atoms with Crippen LogP contribution >= 0.6 is 11.6 Å². The highest BCUT2D eigenvalue weighted by molar-refractivity contribution is 6.31. The van der Waals surface area contributed by atoms with Crippen molar-refractivity contribution in [1.82, 2.24) is 15.3 Å². The fourth-order valence-electron chi connectivity index (χ4n) is 4.25. The minimum atomic E-state index is 0.00534. The van der Waals surface area contributed by atoms with Gasteiger partial charge in [0.05, 0.1) is 12.6 Å². The zero-order chi connectivity index (χ0) is 19.5. The summed E-state index contributed by atoms with van der Waals surface area (Å²) in [5.41, 5.74) is 9.18. The molecule has 2 aliphatic heterocycles. The summed E-state index contributed by atoms with van der Waals surface area (Å²) in [6.07, 6.45) is 3.26. The molecule has 0 amide bonds. The number of aromatic nitrogens is 2. The molecule has 0 aliphatic carbocycles. The number of nitrogens with one attached hydrogen (secondary N) is 1. The largest absolute Gasteiger partial charge is 0.379 e. The number of nitrogen functional groups attached to an aromatic ring is 1. The highest BCUT2D eigenvalue weighted by Crippen LogP contribution is 2.36. The van der Waals surface area contributed by atoms with Crippen LogP contribution in [0.3, 0.4) is 0 Å². The molecule has 150 valence electrons. The molecule has 3 heterocycles. The minimum Gasteiger partial charge on any atom is -0.379 e. The highest BCUT2D eigenvalue weighted by Gasteiger charge is 2.27. The third-order valence-corrected chi connectivity index (χ3v) is 6.01. The molecule has 0 radical (unpaired) electrons. The van der Waals surface area contributed by atoms with E-state index >= 15 is 0 Å². The molecule has 7 heteroatoms. The molecule has 0 spiro atoms. The summed E-state index contributed by atoms with van der Waals surface area (Å²) in [6, 6.07) is 8.54. The predicted octanol–water partition coefficient (Wildman–Crippen LogP) is 3.46. The Morgan fingerprint density at radius 1 is 1.21 bits per heavy atom. The fourth-order valence-corrected chi connectivity index (χ4v) is 4.57. The first-order valence-corrected chi connectivity index (χ1v) is 10.5. The van der Waals surface area contributed by atoms with Crippen LogP contribution < -0.4 is 16.0 Å². The van der Waals surface area contributed by atoms with Gasteiger partial charge >= 0.3 is 0 Å². The Labute approximate surface area is 171 Å². The van der Waals surface area contributed by atoms with E-state index in [0.29, 0.717) is 18.5 Å². The average Bonchev–Trinajstić information content (AvgIpc) is 2.94. The third kappa shape index (κ3) is 4.24. The molecule has 3 N–H and O–H groups in total. The van der Waals surface area contributed by atoms with E-state index in [2.05, 4.69) is 38.4 Å². The zero-order valence-corrected chi connectivity index (χ0v) is 17.1. The number of hydrogen-bond donors (Lipinski definition) is 2. The van der Waals surface area contributed by atoms with Crippen molar-refractivity contribution < 1.29 is 4.74 Å². The summed E-state index contributed by atoms with van der Waals surface area (Å²) in [5, 5.41) is 4.22. The molecular formula is C21H28ClN5O. The second-order valence-electron chi connectivity index (χ2n) is 7.67. The monoisotopic (exact) mass is 401 g/mol. The number of halogens is 1. The van der Waals surface area contributed by atoms with E-state index in [-0.39, 0.29) is 6.04 Å². The van der Waals surface area contributed by atoms with E-state index in [1.54, 1.807) is 0 Å². The fraction of sp³-hybridized carbons (Fsp3) is 0.524. The van der Waals surface area contributed by atoms with Gasteiger partial charge in [-0.3, -0.25) is 0 Å². The van der Waals surface area contributed by atoms with Crippen molar-refractivity contribution in [2.24, 2.45) is 0 Å². The van der Waals surface area contributed by atoms with E-state index in [9.17, 15) is 0 Å². The molecule has 0 saturated carbocycles. The molecule has 0 unspecified atom stereocenters. The van der Waals surface area contributed by atoms with Gasteiger partial charge in [-0.1, -0.05) is 23.7 Å². The number of nitrogens with zero attached hydrogens (tertiary/aromatic N) is 3. The molecule has 1 aromatic carbocycles. The van der Waals surface area contributed by atoms with E-state index in [1.165, 1.54) is 5.56 Å². The minimum absolute atomic E-state index is 0.00534. The third-order valence-electron chi connectivity index (χ3n) is 5.69. The van der Waals surface area contributed by atoms with Crippen LogP contribution in [0.2, 0.25) is 5.02 Å². The first kappa shape index (κ1) is 19.4. The molecule has 1 aromatic heterocycles. The van der Waals surface area contributed by atoms with Gasteiger partial charge in [0.15, 0.2) is 0 Å². The van der Waals surface area contributed by atoms with Gasteiger partial charge in [0.1, 0.15) is 5.82 Å². The molecular weight excluding hydrogens is 374 g/mol. The summed E-state index contributed by atoms with van der Waals surface area (Å²) >= 11 is 6.80. The normalized spacial score (nSPS) is 21.5. The lowest BCUT2D eigenvalue weighted by Crippen LogP contribution is -2.32. The Morgan fingerprint density at radius 3 is 2.79 bits per heavy atom. The number of hydrogen-bond acceptors (Lipinski definition) is 6. The van der Waals surface area contributed by atoms with E-state index in [1.807, 2.05) is 13.0 Å². The summed E-state index contributed by atoms with van der Waals surface area (Å²) in [7, 11) is 0. The van der Waals surface area contributed by atoms with Crippen LogP contribution in [-0.2, 0) is 4.74 Å². The van der Waals surface area contributed by atoms with Crippen LogP contribution in [0, 0.1) is 6.92 Å². The maximum atomic E-state index is 6.80. The number of nitrogens with two attached hydrogens (primary N) is 1. The smallest absolute Gasteiger partial charge is 0.222 e. The number of benzene rings is 1. The number of piperidine rings is 1. The molecule has 0 bridgehead atoms. The van der Waals surface area contributed by atoms with Crippen LogP contribution in [-0.4, -0.2) is 42.8 Å². The molecule has 6 nitrogen and oxygen atoms in total. The lowest BCUT2D eigenvalue weighted by Gasteiger charge is -2.32. The van der Waals surface area contributed by atoms with Crippen LogP contribution in [0.1, 0.15) is 48.0 Å².